The molecule has 1 fully saturated rings. The van der Waals surface area contributed by atoms with Gasteiger partial charge in [-0.2, -0.15) is 0 Å². The first-order valence-electron chi connectivity index (χ1n) is 8.39. The van der Waals surface area contributed by atoms with Crippen molar-refractivity contribution in [1.82, 2.24) is 5.32 Å². The third kappa shape index (κ3) is 5.44. The van der Waals surface area contributed by atoms with Gasteiger partial charge in [0.15, 0.2) is 0 Å². The summed E-state index contributed by atoms with van der Waals surface area (Å²) in [6.07, 6.45) is 2.74. The van der Waals surface area contributed by atoms with Gasteiger partial charge in [-0.25, -0.2) is 4.79 Å². The van der Waals surface area contributed by atoms with Gasteiger partial charge in [0.05, 0.1) is 11.4 Å². The summed E-state index contributed by atoms with van der Waals surface area (Å²) in [7, 11) is 0. The van der Waals surface area contributed by atoms with Crippen molar-refractivity contribution >= 4 is 23.4 Å². The molecule has 0 aliphatic heterocycles. The van der Waals surface area contributed by atoms with Crippen LogP contribution in [0.4, 0.5) is 16.2 Å². The Hall–Kier alpha value is -2.24. The van der Waals surface area contributed by atoms with Gasteiger partial charge in [-0.15, -0.1) is 0 Å². The number of nitrogen functional groups attached to an aromatic ring is 1. The number of nitrogens with one attached hydrogen (secondary N) is 2. The lowest BCUT2D eigenvalue weighted by atomic mass is 9.85. The van der Waals surface area contributed by atoms with Crippen molar-refractivity contribution in [3.8, 4) is 0 Å². The number of benzene rings is 1. The summed E-state index contributed by atoms with van der Waals surface area (Å²) in [5, 5.41) is 5.75. The monoisotopic (exact) mass is 333 g/mol. The number of hydrogen-bond acceptors (Lipinski definition) is 4. The van der Waals surface area contributed by atoms with Crippen LogP contribution in [0.2, 0.25) is 0 Å². The molecule has 2 amide bonds. The molecule has 6 heteroatoms. The van der Waals surface area contributed by atoms with Gasteiger partial charge in [0.25, 0.3) is 0 Å². The lowest BCUT2D eigenvalue weighted by Gasteiger charge is -2.30. The van der Waals surface area contributed by atoms with Crippen LogP contribution in [0.5, 0.6) is 0 Å². The van der Waals surface area contributed by atoms with Crippen molar-refractivity contribution < 1.29 is 14.3 Å². The first kappa shape index (κ1) is 18.1. The SMILES string of the molecule is CC(C)(C)OC(=O)N[C@@H]1CCC[C@H](C(=O)Nc2ccccc2N)C1. The molecular formula is C18H27N3O3. The van der Waals surface area contributed by atoms with Crippen LogP contribution in [0.3, 0.4) is 0 Å². The second-order valence-electron chi connectivity index (χ2n) is 7.28. The van der Waals surface area contributed by atoms with E-state index in [0.717, 1.165) is 19.3 Å². The molecule has 0 saturated heterocycles. The number of hydrogen-bond donors (Lipinski definition) is 3. The molecule has 2 rings (SSSR count). The van der Waals surface area contributed by atoms with E-state index in [9.17, 15) is 9.59 Å². The fourth-order valence-electron chi connectivity index (χ4n) is 2.88. The number of ether oxygens (including phenoxy) is 1. The Kier molecular flexibility index (Phi) is 5.70. The predicted molar refractivity (Wildman–Crippen MR) is 94.6 cm³/mol. The Balaban J connectivity index is 1.89. The molecule has 6 nitrogen and oxygen atoms in total. The Bertz CT molecular complexity index is 595. The maximum Gasteiger partial charge on any atom is 0.407 e. The Morgan fingerprint density at radius 1 is 1.21 bits per heavy atom. The fourth-order valence-corrected chi connectivity index (χ4v) is 2.88. The zero-order valence-electron chi connectivity index (χ0n) is 14.6. The minimum atomic E-state index is -0.527. The Morgan fingerprint density at radius 3 is 2.58 bits per heavy atom. The minimum absolute atomic E-state index is 0.0440. The lowest BCUT2D eigenvalue weighted by Crippen LogP contribution is -2.43. The van der Waals surface area contributed by atoms with Crippen LogP contribution < -0.4 is 16.4 Å². The molecule has 24 heavy (non-hydrogen) atoms. The van der Waals surface area contributed by atoms with E-state index in [1.807, 2.05) is 32.9 Å². The van der Waals surface area contributed by atoms with Crippen LogP contribution in [-0.2, 0) is 9.53 Å². The Morgan fingerprint density at radius 2 is 1.92 bits per heavy atom. The topological polar surface area (TPSA) is 93.4 Å². The molecule has 0 spiro atoms. The first-order chi connectivity index (χ1) is 11.2. The second kappa shape index (κ2) is 7.55. The highest BCUT2D eigenvalue weighted by atomic mass is 16.6. The van der Waals surface area contributed by atoms with Gasteiger partial charge in [-0.3, -0.25) is 4.79 Å². The molecule has 1 aromatic carbocycles. The minimum Gasteiger partial charge on any atom is -0.444 e. The van der Waals surface area contributed by atoms with E-state index < -0.39 is 11.7 Å². The predicted octanol–water partition coefficient (Wildman–Crippen LogP) is 3.29. The van der Waals surface area contributed by atoms with E-state index >= 15 is 0 Å². The molecule has 2 atom stereocenters. The summed E-state index contributed by atoms with van der Waals surface area (Å²) in [6, 6.07) is 7.15. The number of nitrogens with two attached hydrogens (primary N) is 1. The van der Waals surface area contributed by atoms with E-state index in [4.69, 9.17) is 10.5 Å². The number of amides is 2. The highest BCUT2D eigenvalue weighted by molar-refractivity contribution is 5.95. The third-order valence-electron chi connectivity index (χ3n) is 3.98. The van der Waals surface area contributed by atoms with Crippen LogP contribution in [0.25, 0.3) is 0 Å². The zero-order valence-corrected chi connectivity index (χ0v) is 14.6. The van der Waals surface area contributed by atoms with Crippen molar-refractivity contribution in [2.24, 2.45) is 5.92 Å². The largest absolute Gasteiger partial charge is 0.444 e. The highest BCUT2D eigenvalue weighted by Crippen LogP contribution is 2.27. The van der Waals surface area contributed by atoms with Crippen molar-refractivity contribution in [3.05, 3.63) is 24.3 Å². The van der Waals surface area contributed by atoms with Crippen LogP contribution >= 0.6 is 0 Å². The summed E-state index contributed by atoms with van der Waals surface area (Å²) in [5.74, 6) is -0.193. The molecule has 0 aromatic heterocycles. The smallest absolute Gasteiger partial charge is 0.407 e. The average Bonchev–Trinajstić information content (AvgIpc) is 2.48. The maximum absolute atomic E-state index is 12.5. The molecule has 4 N–H and O–H groups in total. The molecule has 1 saturated carbocycles. The summed E-state index contributed by atoms with van der Waals surface area (Å²) >= 11 is 0. The van der Waals surface area contributed by atoms with Crippen molar-refractivity contribution in [2.45, 2.75) is 58.1 Å². The quantitative estimate of drug-likeness (QED) is 0.740. The van der Waals surface area contributed by atoms with Gasteiger partial charge < -0.3 is 21.1 Å². The van der Waals surface area contributed by atoms with Gasteiger partial charge in [0.2, 0.25) is 5.91 Å². The number of anilines is 2. The van der Waals surface area contributed by atoms with E-state index in [-0.39, 0.29) is 17.9 Å². The molecule has 1 aliphatic rings. The van der Waals surface area contributed by atoms with Crippen molar-refractivity contribution in [2.75, 3.05) is 11.1 Å². The molecule has 0 heterocycles. The second-order valence-corrected chi connectivity index (χ2v) is 7.28. The molecular weight excluding hydrogens is 306 g/mol. The third-order valence-corrected chi connectivity index (χ3v) is 3.98. The maximum atomic E-state index is 12.5. The number of carbonyl (C=O) groups is 2. The highest BCUT2D eigenvalue weighted by Gasteiger charge is 2.29. The number of alkyl carbamates (subject to hydrolysis) is 1. The zero-order chi connectivity index (χ0) is 17.7. The van der Waals surface area contributed by atoms with Crippen LogP contribution in [0.15, 0.2) is 24.3 Å². The first-order valence-corrected chi connectivity index (χ1v) is 8.39. The summed E-state index contributed by atoms with van der Waals surface area (Å²) < 4.78 is 5.28. The summed E-state index contributed by atoms with van der Waals surface area (Å²) in [6.45, 7) is 5.48. The molecule has 132 valence electrons. The van der Waals surface area contributed by atoms with Crippen molar-refractivity contribution in [3.63, 3.8) is 0 Å². The van der Waals surface area contributed by atoms with Gasteiger partial charge in [0, 0.05) is 12.0 Å². The number of para-hydroxylation sites is 2. The Labute approximate surface area is 143 Å². The van der Waals surface area contributed by atoms with Gasteiger partial charge in [0.1, 0.15) is 5.60 Å². The van der Waals surface area contributed by atoms with Crippen LogP contribution in [0.1, 0.15) is 46.5 Å². The van der Waals surface area contributed by atoms with Crippen LogP contribution in [-0.4, -0.2) is 23.6 Å². The van der Waals surface area contributed by atoms with E-state index in [1.54, 1.807) is 12.1 Å². The summed E-state index contributed by atoms with van der Waals surface area (Å²) in [4.78, 5) is 24.4. The van der Waals surface area contributed by atoms with Gasteiger partial charge in [-0.1, -0.05) is 18.6 Å². The molecule has 0 unspecified atom stereocenters. The van der Waals surface area contributed by atoms with E-state index in [1.165, 1.54) is 0 Å². The number of rotatable bonds is 3. The standard InChI is InChI=1S/C18H27N3O3/c1-18(2,3)24-17(23)20-13-8-6-7-12(11-13)16(22)21-15-10-5-4-9-14(15)19/h4-5,9-10,12-13H,6-8,11,19H2,1-3H3,(H,20,23)(H,21,22)/t12-,13+/m0/s1. The van der Waals surface area contributed by atoms with Crippen molar-refractivity contribution in [1.29, 1.82) is 0 Å². The van der Waals surface area contributed by atoms with Crippen LogP contribution in [0, 0.1) is 5.92 Å². The molecule has 1 aliphatic carbocycles. The van der Waals surface area contributed by atoms with E-state index in [2.05, 4.69) is 10.6 Å². The normalized spacial score (nSPS) is 21.0. The molecule has 0 bridgehead atoms. The summed E-state index contributed by atoms with van der Waals surface area (Å²) in [5.41, 5.74) is 6.51. The van der Waals surface area contributed by atoms with Gasteiger partial charge in [-0.05, 0) is 52.2 Å². The molecule has 1 aromatic rings. The number of carbonyl (C=O) groups excluding carboxylic acids is 2. The molecule has 0 radical (unpaired) electrons. The van der Waals surface area contributed by atoms with Gasteiger partial charge >= 0.3 is 6.09 Å². The average molecular weight is 333 g/mol. The lowest BCUT2D eigenvalue weighted by molar-refractivity contribution is -0.121. The van der Waals surface area contributed by atoms with E-state index in [0.29, 0.717) is 17.8 Å². The fraction of sp³-hybridized carbons (Fsp3) is 0.556.